The molecule has 0 unspecified atom stereocenters. The number of hydrogen-bond donors (Lipinski definition) is 0. The lowest BCUT2D eigenvalue weighted by atomic mass is 9.71. The first-order valence-electron chi connectivity index (χ1n) is 6.36. The van der Waals surface area contributed by atoms with E-state index in [4.69, 9.17) is 4.74 Å². The summed E-state index contributed by atoms with van der Waals surface area (Å²) in [6.07, 6.45) is 5.67. The zero-order valence-electron chi connectivity index (χ0n) is 10.2. The molecule has 3 heteroatoms. The van der Waals surface area contributed by atoms with Crippen LogP contribution < -0.4 is 4.74 Å². The van der Waals surface area contributed by atoms with E-state index in [0.29, 0.717) is 5.41 Å². The minimum absolute atomic E-state index is 0.352. The number of alkyl halides is 1. The fraction of sp³-hybridized carbons (Fsp3) is 0.400. The number of aromatic nitrogens is 1. The van der Waals surface area contributed by atoms with Crippen LogP contribution in [0.3, 0.4) is 0 Å². The Balaban J connectivity index is 1.82. The van der Waals surface area contributed by atoms with Gasteiger partial charge in [-0.3, -0.25) is 4.98 Å². The molecule has 0 spiro atoms. The van der Waals surface area contributed by atoms with E-state index in [1.54, 1.807) is 0 Å². The van der Waals surface area contributed by atoms with Crippen LogP contribution in [0.1, 0.15) is 19.3 Å². The van der Waals surface area contributed by atoms with Crippen LogP contribution in [0.4, 0.5) is 0 Å². The number of rotatable bonds is 4. The summed E-state index contributed by atoms with van der Waals surface area (Å²) in [4.78, 5) is 4.35. The van der Waals surface area contributed by atoms with Crippen molar-refractivity contribution in [2.45, 2.75) is 19.3 Å². The largest absolute Gasteiger partial charge is 0.492 e. The van der Waals surface area contributed by atoms with Gasteiger partial charge in [0.2, 0.25) is 0 Å². The minimum atomic E-state index is 0.352. The van der Waals surface area contributed by atoms with Crippen LogP contribution in [0.2, 0.25) is 0 Å². The molecule has 18 heavy (non-hydrogen) atoms. The maximum atomic E-state index is 6.05. The molecule has 1 aromatic heterocycles. The molecular formula is C15H16BrNO. The monoisotopic (exact) mass is 305 g/mol. The molecule has 1 aromatic carbocycles. The molecule has 0 aliphatic heterocycles. The highest BCUT2D eigenvalue weighted by molar-refractivity contribution is 9.09. The standard InChI is InChI=1S/C15H16BrNO/c16-10-15(7-3-8-15)11-18-14-6-1-5-13-12(14)4-2-9-17-13/h1-2,4-6,9H,3,7-8,10-11H2. The van der Waals surface area contributed by atoms with Crippen LogP contribution in [0.25, 0.3) is 10.9 Å². The number of fused-ring (bicyclic) bond motifs is 1. The number of nitrogens with zero attached hydrogens (tertiary/aromatic N) is 1. The lowest BCUT2D eigenvalue weighted by Gasteiger charge is -2.40. The molecule has 1 aliphatic rings. The van der Waals surface area contributed by atoms with E-state index in [0.717, 1.165) is 28.6 Å². The summed E-state index contributed by atoms with van der Waals surface area (Å²) in [7, 11) is 0. The summed E-state index contributed by atoms with van der Waals surface area (Å²) in [6.45, 7) is 0.798. The Bertz CT molecular complexity index is 540. The molecule has 0 saturated heterocycles. The first-order valence-corrected chi connectivity index (χ1v) is 7.48. The van der Waals surface area contributed by atoms with Crippen molar-refractivity contribution < 1.29 is 4.74 Å². The molecule has 1 saturated carbocycles. The summed E-state index contributed by atoms with van der Waals surface area (Å²) in [5, 5.41) is 2.13. The molecule has 0 N–H and O–H groups in total. The van der Waals surface area contributed by atoms with E-state index in [1.165, 1.54) is 19.3 Å². The van der Waals surface area contributed by atoms with Gasteiger partial charge in [-0.1, -0.05) is 28.4 Å². The Morgan fingerprint density at radius 1 is 1.22 bits per heavy atom. The zero-order valence-corrected chi connectivity index (χ0v) is 11.8. The Kier molecular flexibility index (Phi) is 3.25. The van der Waals surface area contributed by atoms with Crippen LogP contribution in [0, 0.1) is 5.41 Å². The van der Waals surface area contributed by atoms with Crippen molar-refractivity contribution >= 4 is 26.8 Å². The van der Waals surface area contributed by atoms with E-state index >= 15 is 0 Å². The molecule has 2 nitrogen and oxygen atoms in total. The molecular weight excluding hydrogens is 290 g/mol. The van der Waals surface area contributed by atoms with E-state index in [2.05, 4.69) is 27.0 Å². The Hall–Kier alpha value is -1.09. The van der Waals surface area contributed by atoms with E-state index in [9.17, 15) is 0 Å². The van der Waals surface area contributed by atoms with Crippen molar-refractivity contribution in [2.75, 3.05) is 11.9 Å². The predicted octanol–water partition coefficient (Wildman–Crippen LogP) is 4.18. The molecule has 2 aromatic rings. The van der Waals surface area contributed by atoms with Gasteiger partial charge in [-0.25, -0.2) is 0 Å². The molecule has 0 radical (unpaired) electrons. The highest BCUT2D eigenvalue weighted by atomic mass is 79.9. The summed E-state index contributed by atoms with van der Waals surface area (Å²) < 4.78 is 6.05. The van der Waals surface area contributed by atoms with Gasteiger partial charge in [-0.15, -0.1) is 0 Å². The van der Waals surface area contributed by atoms with Crippen molar-refractivity contribution in [3.63, 3.8) is 0 Å². The van der Waals surface area contributed by atoms with Gasteiger partial charge >= 0.3 is 0 Å². The third-order valence-electron chi connectivity index (χ3n) is 3.84. The van der Waals surface area contributed by atoms with E-state index < -0.39 is 0 Å². The Morgan fingerprint density at radius 2 is 2.11 bits per heavy atom. The summed E-state index contributed by atoms with van der Waals surface area (Å²) in [5.41, 5.74) is 1.35. The van der Waals surface area contributed by atoms with Gasteiger partial charge in [-0.05, 0) is 37.1 Å². The fourth-order valence-electron chi connectivity index (χ4n) is 2.43. The van der Waals surface area contributed by atoms with Gasteiger partial charge in [0, 0.05) is 22.3 Å². The van der Waals surface area contributed by atoms with Gasteiger partial charge in [0.1, 0.15) is 5.75 Å². The van der Waals surface area contributed by atoms with Crippen molar-refractivity contribution in [1.29, 1.82) is 0 Å². The lowest BCUT2D eigenvalue weighted by Crippen LogP contribution is -2.37. The Labute approximate surface area is 115 Å². The SMILES string of the molecule is BrCC1(COc2cccc3ncccc23)CCC1. The normalized spacial score (nSPS) is 17.4. The maximum absolute atomic E-state index is 6.05. The van der Waals surface area contributed by atoms with Crippen molar-refractivity contribution in [3.8, 4) is 5.75 Å². The molecule has 0 amide bonds. The highest BCUT2D eigenvalue weighted by Crippen LogP contribution is 2.43. The number of ether oxygens (including phenoxy) is 1. The second-order valence-electron chi connectivity index (χ2n) is 5.10. The molecule has 1 aliphatic carbocycles. The average molecular weight is 306 g/mol. The van der Waals surface area contributed by atoms with Crippen LogP contribution in [-0.2, 0) is 0 Å². The fourth-order valence-corrected chi connectivity index (χ4v) is 3.15. The lowest BCUT2D eigenvalue weighted by molar-refractivity contribution is 0.0847. The molecule has 0 bridgehead atoms. The van der Waals surface area contributed by atoms with Crippen LogP contribution in [-0.4, -0.2) is 16.9 Å². The van der Waals surface area contributed by atoms with Crippen LogP contribution >= 0.6 is 15.9 Å². The number of hydrogen-bond acceptors (Lipinski definition) is 2. The topological polar surface area (TPSA) is 22.1 Å². The van der Waals surface area contributed by atoms with Gasteiger partial charge in [0.05, 0.1) is 12.1 Å². The third-order valence-corrected chi connectivity index (χ3v) is 5.03. The third kappa shape index (κ3) is 2.12. The Morgan fingerprint density at radius 3 is 2.83 bits per heavy atom. The number of pyridine rings is 1. The predicted molar refractivity (Wildman–Crippen MR) is 77.3 cm³/mol. The second-order valence-corrected chi connectivity index (χ2v) is 5.66. The summed E-state index contributed by atoms with van der Waals surface area (Å²) >= 11 is 3.61. The molecule has 94 valence electrons. The zero-order chi connectivity index (χ0) is 12.4. The van der Waals surface area contributed by atoms with Crippen molar-refractivity contribution in [1.82, 2.24) is 4.98 Å². The van der Waals surface area contributed by atoms with Crippen molar-refractivity contribution in [2.24, 2.45) is 5.41 Å². The highest BCUT2D eigenvalue weighted by Gasteiger charge is 2.36. The van der Waals surface area contributed by atoms with Crippen molar-refractivity contribution in [3.05, 3.63) is 36.5 Å². The average Bonchev–Trinajstić information content (AvgIpc) is 2.38. The molecule has 3 rings (SSSR count). The van der Waals surface area contributed by atoms with E-state index in [-0.39, 0.29) is 0 Å². The van der Waals surface area contributed by atoms with Crippen LogP contribution in [0.5, 0.6) is 5.75 Å². The maximum Gasteiger partial charge on any atom is 0.128 e. The molecule has 0 atom stereocenters. The quantitative estimate of drug-likeness (QED) is 0.791. The first kappa shape index (κ1) is 12.0. The van der Waals surface area contributed by atoms with E-state index in [1.807, 2.05) is 30.5 Å². The van der Waals surface area contributed by atoms with Gasteiger partial charge in [-0.2, -0.15) is 0 Å². The summed E-state index contributed by atoms with van der Waals surface area (Å²) in [5.74, 6) is 0.952. The smallest absolute Gasteiger partial charge is 0.128 e. The first-order chi connectivity index (χ1) is 8.83. The van der Waals surface area contributed by atoms with Gasteiger partial charge in [0.25, 0.3) is 0 Å². The van der Waals surface area contributed by atoms with Gasteiger partial charge < -0.3 is 4.74 Å². The molecule has 1 heterocycles. The molecule has 1 fully saturated rings. The summed E-state index contributed by atoms with van der Waals surface area (Å²) in [6, 6.07) is 10.1. The second kappa shape index (κ2) is 4.88. The van der Waals surface area contributed by atoms with Gasteiger partial charge in [0.15, 0.2) is 0 Å². The number of halogens is 1. The minimum Gasteiger partial charge on any atom is -0.492 e. The number of benzene rings is 1. The van der Waals surface area contributed by atoms with Crippen LogP contribution in [0.15, 0.2) is 36.5 Å².